The van der Waals surface area contributed by atoms with Gasteiger partial charge in [0, 0.05) is 12.1 Å². The highest BCUT2D eigenvalue weighted by Crippen LogP contribution is 2.49. The minimum absolute atomic E-state index is 0.0845. The fourth-order valence-corrected chi connectivity index (χ4v) is 4.83. The van der Waals surface area contributed by atoms with Gasteiger partial charge in [0.2, 0.25) is 5.91 Å². The predicted molar refractivity (Wildman–Crippen MR) is 122 cm³/mol. The molecule has 0 spiro atoms. The number of halogens is 2. The van der Waals surface area contributed by atoms with Crippen LogP contribution in [0, 0.1) is 16.0 Å². The summed E-state index contributed by atoms with van der Waals surface area (Å²) in [6.07, 6.45) is -1.11. The number of fused-ring (bicyclic) bond motifs is 1. The normalized spacial score (nSPS) is 22.1. The molecule has 10 heteroatoms. The number of nitrogens with zero attached hydrogens (tertiary/aromatic N) is 3. The van der Waals surface area contributed by atoms with Gasteiger partial charge in [0.05, 0.1) is 32.4 Å². The molecule has 0 N–H and O–H groups in total. The summed E-state index contributed by atoms with van der Waals surface area (Å²) in [6, 6.07) is 18.9. The van der Waals surface area contributed by atoms with Crippen LogP contribution < -0.4 is 9.96 Å². The van der Waals surface area contributed by atoms with Gasteiger partial charge in [-0.1, -0.05) is 59.6 Å². The first-order valence-electron chi connectivity index (χ1n) is 9.95. The lowest BCUT2D eigenvalue weighted by atomic mass is 9.90. The third-order valence-electron chi connectivity index (χ3n) is 5.73. The number of non-ortho nitro benzene ring substituents is 1. The fourth-order valence-electron chi connectivity index (χ4n) is 4.27. The van der Waals surface area contributed by atoms with Crippen LogP contribution in [0.2, 0.25) is 10.0 Å². The third kappa shape index (κ3) is 3.43. The zero-order chi connectivity index (χ0) is 23.3. The summed E-state index contributed by atoms with van der Waals surface area (Å²) in [7, 11) is 0. The lowest BCUT2D eigenvalue weighted by Crippen LogP contribution is -2.37. The molecular weight excluding hydrogens is 469 g/mol. The lowest BCUT2D eigenvalue weighted by molar-refractivity contribution is -0.384. The van der Waals surface area contributed by atoms with Crippen LogP contribution in [0.3, 0.4) is 0 Å². The Morgan fingerprint density at radius 2 is 1.48 bits per heavy atom. The molecule has 2 heterocycles. The summed E-state index contributed by atoms with van der Waals surface area (Å²) in [5.41, 5.74) is 1.25. The molecule has 0 radical (unpaired) electrons. The number of imide groups is 1. The quantitative estimate of drug-likeness (QED) is 0.296. The van der Waals surface area contributed by atoms with Crippen molar-refractivity contribution in [1.29, 1.82) is 0 Å². The van der Waals surface area contributed by atoms with Gasteiger partial charge in [-0.2, -0.15) is 0 Å². The van der Waals surface area contributed by atoms with E-state index in [0.29, 0.717) is 11.3 Å². The smallest absolute Gasteiger partial charge is 0.269 e. The maximum absolute atomic E-state index is 13.6. The lowest BCUT2D eigenvalue weighted by Gasteiger charge is -2.29. The molecule has 3 atom stereocenters. The number of nitro benzene ring substituents is 1. The number of hydroxylamine groups is 1. The molecule has 3 unspecified atom stereocenters. The van der Waals surface area contributed by atoms with Crippen molar-refractivity contribution in [3.8, 4) is 0 Å². The van der Waals surface area contributed by atoms with Crippen LogP contribution in [0.1, 0.15) is 11.6 Å². The van der Waals surface area contributed by atoms with Crippen LogP contribution in [-0.4, -0.2) is 22.8 Å². The van der Waals surface area contributed by atoms with Crippen molar-refractivity contribution >= 4 is 52.1 Å². The summed E-state index contributed by atoms with van der Waals surface area (Å²) in [5, 5.41) is 12.9. The first-order chi connectivity index (χ1) is 15.9. The molecule has 8 nitrogen and oxygen atoms in total. The number of rotatable bonds is 4. The zero-order valence-electron chi connectivity index (χ0n) is 16.8. The van der Waals surface area contributed by atoms with Gasteiger partial charge in [-0.05, 0) is 29.8 Å². The number of para-hydroxylation sites is 2. The number of amides is 2. The van der Waals surface area contributed by atoms with E-state index in [9.17, 15) is 19.7 Å². The van der Waals surface area contributed by atoms with E-state index < -0.39 is 34.8 Å². The molecule has 3 aromatic carbocycles. The van der Waals surface area contributed by atoms with Gasteiger partial charge in [-0.15, -0.1) is 0 Å². The van der Waals surface area contributed by atoms with E-state index in [1.165, 1.54) is 17.2 Å². The largest absolute Gasteiger partial charge is 0.273 e. The van der Waals surface area contributed by atoms with Crippen LogP contribution in [-0.2, 0) is 14.4 Å². The molecular formula is C23H15Cl2N3O5. The third-order valence-corrected chi connectivity index (χ3v) is 6.34. The highest BCUT2D eigenvalue weighted by molar-refractivity contribution is 6.42. The summed E-state index contributed by atoms with van der Waals surface area (Å²) < 4.78 is 0. The maximum atomic E-state index is 13.6. The van der Waals surface area contributed by atoms with E-state index in [4.69, 9.17) is 28.0 Å². The number of carbonyl (C=O) groups is 2. The van der Waals surface area contributed by atoms with Gasteiger partial charge in [-0.3, -0.25) is 24.5 Å². The molecule has 166 valence electrons. The minimum atomic E-state index is -1.11. The number of anilines is 2. The van der Waals surface area contributed by atoms with E-state index in [0.717, 1.165) is 4.90 Å². The van der Waals surface area contributed by atoms with Crippen molar-refractivity contribution in [3.05, 3.63) is 98.5 Å². The fraction of sp³-hybridized carbons (Fsp3) is 0.130. The predicted octanol–water partition coefficient (Wildman–Crippen LogP) is 4.95. The Bertz CT molecular complexity index is 1250. The Balaban J connectivity index is 1.60. The van der Waals surface area contributed by atoms with E-state index in [1.807, 2.05) is 6.07 Å². The van der Waals surface area contributed by atoms with Crippen molar-refractivity contribution in [2.75, 3.05) is 9.96 Å². The first kappa shape index (κ1) is 21.4. The standard InChI is InChI=1S/C23H15Cl2N3O5/c24-16-7-4-8-17(25)20(16)26-22(29)18-19(13-9-11-15(12-10-13)28(31)32)27(33-21(18)23(26)30)14-5-2-1-3-6-14/h1-12,18-19,21H. The summed E-state index contributed by atoms with van der Waals surface area (Å²) in [6.45, 7) is 0. The molecule has 33 heavy (non-hydrogen) atoms. The molecule has 2 saturated heterocycles. The Labute approximate surface area is 198 Å². The second-order valence-corrected chi connectivity index (χ2v) is 8.40. The number of nitro groups is 1. The zero-order valence-corrected chi connectivity index (χ0v) is 18.3. The van der Waals surface area contributed by atoms with E-state index in [2.05, 4.69) is 0 Å². The van der Waals surface area contributed by atoms with Crippen molar-refractivity contribution in [2.24, 2.45) is 5.92 Å². The second-order valence-electron chi connectivity index (χ2n) is 7.59. The van der Waals surface area contributed by atoms with Crippen molar-refractivity contribution < 1.29 is 19.3 Å². The molecule has 5 rings (SSSR count). The molecule has 3 aromatic rings. The number of hydrogen-bond acceptors (Lipinski definition) is 6. The number of benzene rings is 3. The molecule has 0 bridgehead atoms. The van der Waals surface area contributed by atoms with Gasteiger partial charge in [0.25, 0.3) is 11.6 Å². The van der Waals surface area contributed by atoms with Gasteiger partial charge >= 0.3 is 0 Å². The maximum Gasteiger partial charge on any atom is 0.269 e. The average molecular weight is 484 g/mol. The van der Waals surface area contributed by atoms with Crippen LogP contribution >= 0.6 is 23.2 Å². The summed E-state index contributed by atoms with van der Waals surface area (Å²) >= 11 is 12.6. The SMILES string of the molecule is O=C1C2ON(c3ccccc3)C(c3ccc([N+](=O)[O-])cc3)C2C(=O)N1c1c(Cl)cccc1Cl. The van der Waals surface area contributed by atoms with Gasteiger partial charge in [0.15, 0.2) is 6.10 Å². The molecule has 0 saturated carbocycles. The second kappa shape index (κ2) is 8.15. The van der Waals surface area contributed by atoms with Crippen molar-refractivity contribution in [3.63, 3.8) is 0 Å². The van der Waals surface area contributed by atoms with Crippen LogP contribution in [0.5, 0.6) is 0 Å². The molecule has 2 amide bonds. The molecule has 2 aliphatic heterocycles. The molecule has 0 aliphatic carbocycles. The van der Waals surface area contributed by atoms with E-state index in [-0.39, 0.29) is 21.4 Å². The number of hydrogen-bond donors (Lipinski definition) is 0. The highest BCUT2D eigenvalue weighted by atomic mass is 35.5. The van der Waals surface area contributed by atoms with Crippen molar-refractivity contribution in [2.45, 2.75) is 12.1 Å². The van der Waals surface area contributed by atoms with Gasteiger partial charge in [0.1, 0.15) is 5.92 Å². The Kier molecular flexibility index (Phi) is 5.28. The van der Waals surface area contributed by atoms with E-state index in [1.54, 1.807) is 54.6 Å². The minimum Gasteiger partial charge on any atom is -0.273 e. The van der Waals surface area contributed by atoms with Crippen LogP contribution in [0.15, 0.2) is 72.8 Å². The molecule has 2 fully saturated rings. The van der Waals surface area contributed by atoms with E-state index >= 15 is 0 Å². The van der Waals surface area contributed by atoms with Crippen molar-refractivity contribution in [1.82, 2.24) is 0 Å². The highest BCUT2D eigenvalue weighted by Gasteiger charge is 2.60. The Morgan fingerprint density at radius 3 is 2.09 bits per heavy atom. The average Bonchev–Trinajstić information content (AvgIpc) is 3.31. The molecule has 2 aliphatic rings. The van der Waals surface area contributed by atoms with Crippen LogP contribution in [0.4, 0.5) is 17.1 Å². The summed E-state index contributed by atoms with van der Waals surface area (Å²) in [5.74, 6) is -2.00. The monoisotopic (exact) mass is 483 g/mol. The first-order valence-corrected chi connectivity index (χ1v) is 10.7. The van der Waals surface area contributed by atoms with Crippen LogP contribution in [0.25, 0.3) is 0 Å². The molecule has 0 aromatic heterocycles. The Morgan fingerprint density at radius 1 is 0.848 bits per heavy atom. The number of carbonyl (C=O) groups excluding carboxylic acids is 2. The Hall–Kier alpha value is -3.46. The summed E-state index contributed by atoms with van der Waals surface area (Å²) in [4.78, 5) is 44.6. The van der Waals surface area contributed by atoms with Gasteiger partial charge in [-0.25, -0.2) is 9.96 Å². The van der Waals surface area contributed by atoms with Gasteiger partial charge < -0.3 is 0 Å². The topological polar surface area (TPSA) is 93.0 Å².